The van der Waals surface area contributed by atoms with Crippen LogP contribution in [-0.2, 0) is 4.79 Å². The van der Waals surface area contributed by atoms with E-state index >= 15 is 0 Å². The minimum Gasteiger partial charge on any atom is -0.483 e. The quantitative estimate of drug-likeness (QED) is 0.832. The highest BCUT2D eigenvalue weighted by atomic mass is 79.9. The molecule has 0 aliphatic rings. The second-order valence-corrected chi connectivity index (χ2v) is 5.65. The van der Waals surface area contributed by atoms with Crippen LogP contribution in [0.2, 0.25) is 5.02 Å². The molecule has 0 radical (unpaired) electrons. The predicted molar refractivity (Wildman–Crippen MR) is 88.2 cm³/mol. The number of benzene rings is 2. The lowest BCUT2D eigenvalue weighted by Crippen LogP contribution is -2.21. The van der Waals surface area contributed by atoms with Gasteiger partial charge in [-0.25, -0.2) is 0 Å². The van der Waals surface area contributed by atoms with Crippen LogP contribution in [0.4, 0.5) is 5.69 Å². The van der Waals surface area contributed by atoms with Gasteiger partial charge in [0.1, 0.15) is 5.75 Å². The van der Waals surface area contributed by atoms with Crippen LogP contribution in [0.3, 0.4) is 0 Å². The van der Waals surface area contributed by atoms with E-state index in [1.165, 1.54) is 0 Å². The Balaban J connectivity index is 2.20. The number of nitrogens with two attached hydrogens (primary N) is 1. The number of halogens is 2. The summed E-state index contributed by atoms with van der Waals surface area (Å²) in [7, 11) is 0. The molecule has 0 heterocycles. The van der Waals surface area contributed by atoms with Crippen LogP contribution in [0.5, 0.6) is 5.75 Å². The molecule has 0 atom stereocenters. The fourth-order valence-electron chi connectivity index (χ4n) is 1.71. The molecular formula is C15H12BrClN2O3. The van der Waals surface area contributed by atoms with E-state index < -0.39 is 11.8 Å². The summed E-state index contributed by atoms with van der Waals surface area (Å²) in [5.41, 5.74) is 5.79. The van der Waals surface area contributed by atoms with Gasteiger partial charge >= 0.3 is 0 Å². The molecule has 22 heavy (non-hydrogen) atoms. The number of anilines is 1. The Labute approximate surface area is 140 Å². The fourth-order valence-corrected chi connectivity index (χ4v) is 2.43. The topological polar surface area (TPSA) is 81.4 Å². The molecule has 0 unspecified atom stereocenters. The molecule has 0 fully saturated rings. The highest BCUT2D eigenvalue weighted by Gasteiger charge is 2.14. The van der Waals surface area contributed by atoms with Gasteiger partial charge in [-0.3, -0.25) is 9.59 Å². The molecule has 7 heteroatoms. The largest absolute Gasteiger partial charge is 0.483 e. The summed E-state index contributed by atoms with van der Waals surface area (Å²) >= 11 is 9.36. The summed E-state index contributed by atoms with van der Waals surface area (Å²) < 4.78 is 6.04. The van der Waals surface area contributed by atoms with Crippen LogP contribution in [0.1, 0.15) is 10.4 Å². The number of rotatable bonds is 5. The van der Waals surface area contributed by atoms with Crippen molar-refractivity contribution in [2.75, 3.05) is 11.9 Å². The second-order valence-electron chi connectivity index (χ2n) is 4.33. The van der Waals surface area contributed by atoms with Crippen molar-refractivity contribution in [2.24, 2.45) is 5.73 Å². The highest BCUT2D eigenvalue weighted by Crippen LogP contribution is 2.27. The lowest BCUT2D eigenvalue weighted by atomic mass is 10.2. The number of primary amides is 1. The maximum absolute atomic E-state index is 12.3. The zero-order valence-electron chi connectivity index (χ0n) is 11.3. The van der Waals surface area contributed by atoms with Crippen molar-refractivity contribution in [1.82, 2.24) is 0 Å². The zero-order valence-corrected chi connectivity index (χ0v) is 13.6. The van der Waals surface area contributed by atoms with Gasteiger partial charge in [0.15, 0.2) is 6.61 Å². The number of carbonyl (C=O) groups excluding carboxylic acids is 2. The maximum atomic E-state index is 12.3. The molecule has 0 saturated carbocycles. The van der Waals surface area contributed by atoms with Crippen LogP contribution in [0, 0.1) is 0 Å². The molecule has 3 N–H and O–H groups in total. The molecule has 2 aromatic rings. The molecule has 0 aromatic heterocycles. The van der Waals surface area contributed by atoms with Crippen molar-refractivity contribution in [3.63, 3.8) is 0 Å². The lowest BCUT2D eigenvalue weighted by Gasteiger charge is -2.11. The van der Waals surface area contributed by atoms with Gasteiger partial charge in [0, 0.05) is 4.47 Å². The van der Waals surface area contributed by atoms with Crippen LogP contribution >= 0.6 is 27.5 Å². The Bertz CT molecular complexity index is 722. The number of ether oxygens (including phenoxy) is 1. The minimum atomic E-state index is -0.619. The van der Waals surface area contributed by atoms with Gasteiger partial charge in [0.2, 0.25) is 0 Å². The van der Waals surface area contributed by atoms with E-state index in [4.69, 9.17) is 22.1 Å². The zero-order chi connectivity index (χ0) is 16.1. The van der Waals surface area contributed by atoms with Crippen molar-refractivity contribution in [2.45, 2.75) is 0 Å². The van der Waals surface area contributed by atoms with Gasteiger partial charge in [0.05, 0.1) is 16.3 Å². The molecule has 2 aromatic carbocycles. The number of nitrogens with one attached hydrogen (secondary N) is 1. The first kappa shape index (κ1) is 16.3. The summed E-state index contributed by atoms with van der Waals surface area (Å²) in [5.74, 6) is -0.748. The third-order valence-electron chi connectivity index (χ3n) is 2.68. The van der Waals surface area contributed by atoms with Gasteiger partial charge in [-0.2, -0.15) is 0 Å². The number of hydrogen-bond acceptors (Lipinski definition) is 3. The molecule has 2 amide bonds. The van der Waals surface area contributed by atoms with Crippen molar-refractivity contribution >= 4 is 45.0 Å². The van der Waals surface area contributed by atoms with Gasteiger partial charge in [-0.1, -0.05) is 39.7 Å². The Kier molecular flexibility index (Phi) is 5.41. The normalized spacial score (nSPS) is 10.1. The van der Waals surface area contributed by atoms with Crippen molar-refractivity contribution < 1.29 is 14.3 Å². The Morgan fingerprint density at radius 2 is 1.95 bits per heavy atom. The third-order valence-corrected chi connectivity index (χ3v) is 3.49. The van der Waals surface area contributed by atoms with E-state index in [2.05, 4.69) is 21.2 Å². The maximum Gasteiger partial charge on any atom is 0.259 e. The second kappa shape index (κ2) is 7.29. The van der Waals surface area contributed by atoms with Crippen LogP contribution < -0.4 is 15.8 Å². The van der Waals surface area contributed by atoms with E-state index in [-0.39, 0.29) is 17.9 Å². The Morgan fingerprint density at radius 1 is 1.23 bits per heavy atom. The molecule has 0 aliphatic carbocycles. The van der Waals surface area contributed by atoms with Gasteiger partial charge in [-0.15, -0.1) is 0 Å². The average Bonchev–Trinajstić information content (AvgIpc) is 2.48. The van der Waals surface area contributed by atoms with Gasteiger partial charge < -0.3 is 15.8 Å². The van der Waals surface area contributed by atoms with Crippen molar-refractivity contribution in [3.05, 3.63) is 57.5 Å². The third kappa shape index (κ3) is 4.22. The molecule has 0 spiro atoms. The molecule has 0 saturated heterocycles. The summed E-state index contributed by atoms with van der Waals surface area (Å²) in [6.45, 7) is -0.302. The summed E-state index contributed by atoms with van der Waals surface area (Å²) in [6.07, 6.45) is 0. The Hall–Kier alpha value is -2.05. The van der Waals surface area contributed by atoms with E-state index in [9.17, 15) is 9.59 Å². The summed E-state index contributed by atoms with van der Waals surface area (Å²) in [4.78, 5) is 23.1. The first-order chi connectivity index (χ1) is 10.5. The van der Waals surface area contributed by atoms with E-state index in [0.717, 1.165) is 4.47 Å². The van der Waals surface area contributed by atoms with Gasteiger partial charge in [0.25, 0.3) is 11.8 Å². The smallest absolute Gasteiger partial charge is 0.259 e. The molecule has 5 nitrogen and oxygen atoms in total. The molecule has 0 aliphatic heterocycles. The fraction of sp³-hybridized carbons (Fsp3) is 0.0667. The SMILES string of the molecule is NC(=O)COc1ccccc1C(=O)Nc1ccc(Br)cc1Cl. The van der Waals surface area contributed by atoms with E-state index in [1.807, 2.05) is 0 Å². The number of carbonyl (C=O) groups is 2. The van der Waals surface area contributed by atoms with Crippen LogP contribution in [0.25, 0.3) is 0 Å². The van der Waals surface area contributed by atoms with Crippen LogP contribution in [0.15, 0.2) is 46.9 Å². The van der Waals surface area contributed by atoms with Crippen LogP contribution in [-0.4, -0.2) is 18.4 Å². The first-order valence-corrected chi connectivity index (χ1v) is 7.41. The number of hydrogen-bond donors (Lipinski definition) is 2. The summed E-state index contributed by atoms with van der Waals surface area (Å²) in [6, 6.07) is 11.7. The van der Waals surface area contributed by atoms with Crippen molar-refractivity contribution in [1.29, 1.82) is 0 Å². The molecular weight excluding hydrogens is 372 g/mol. The summed E-state index contributed by atoms with van der Waals surface area (Å²) in [5, 5.41) is 3.10. The number of amides is 2. The molecule has 0 bridgehead atoms. The average molecular weight is 384 g/mol. The standard InChI is InChI=1S/C15H12BrClN2O3/c16-9-5-6-12(11(17)7-9)19-15(21)10-3-1-2-4-13(10)22-8-14(18)20/h1-7H,8H2,(H2,18,20)(H,19,21). The lowest BCUT2D eigenvalue weighted by molar-refractivity contribution is -0.119. The first-order valence-electron chi connectivity index (χ1n) is 6.24. The molecule has 114 valence electrons. The van der Waals surface area contributed by atoms with Gasteiger partial charge in [-0.05, 0) is 30.3 Å². The Morgan fingerprint density at radius 3 is 2.64 bits per heavy atom. The number of para-hydroxylation sites is 1. The van der Waals surface area contributed by atoms with E-state index in [0.29, 0.717) is 10.7 Å². The van der Waals surface area contributed by atoms with E-state index in [1.54, 1.807) is 42.5 Å². The molecule has 2 rings (SSSR count). The monoisotopic (exact) mass is 382 g/mol. The van der Waals surface area contributed by atoms with Crippen molar-refractivity contribution in [3.8, 4) is 5.75 Å². The predicted octanol–water partition coefficient (Wildman–Crippen LogP) is 3.22. The minimum absolute atomic E-state index is 0.270. The highest BCUT2D eigenvalue weighted by molar-refractivity contribution is 9.10.